The highest BCUT2D eigenvalue weighted by Crippen LogP contribution is 2.35. The fraction of sp³-hybridized carbons (Fsp3) is 0.367. The molecule has 0 spiro atoms. The van der Waals surface area contributed by atoms with Gasteiger partial charge < -0.3 is 9.64 Å². The largest absolute Gasteiger partial charge is 0.466 e. The molecule has 2 unspecified atom stereocenters. The normalized spacial score (nSPS) is 16.6. The van der Waals surface area contributed by atoms with Gasteiger partial charge in [-0.3, -0.25) is 4.79 Å². The van der Waals surface area contributed by atoms with Crippen LogP contribution in [-0.4, -0.2) is 56.2 Å². The molecule has 0 saturated carbocycles. The number of carbonyl (C=O) groups is 1. The summed E-state index contributed by atoms with van der Waals surface area (Å²) >= 11 is 0. The van der Waals surface area contributed by atoms with Crippen LogP contribution >= 0.6 is 0 Å². The van der Waals surface area contributed by atoms with E-state index >= 15 is 0 Å². The Bertz CT molecular complexity index is 1550. The van der Waals surface area contributed by atoms with Crippen LogP contribution in [0.3, 0.4) is 0 Å². The number of carbonyl (C=O) groups excluding carboxylic acids is 1. The molecule has 4 aromatic rings. The molecule has 9 heteroatoms. The number of esters is 1. The number of likely N-dealkylation sites (N-methyl/N-ethyl adjacent to an activating group) is 1. The van der Waals surface area contributed by atoms with Gasteiger partial charge in [-0.2, -0.15) is 0 Å². The molecule has 0 saturated heterocycles. The van der Waals surface area contributed by atoms with Crippen LogP contribution in [0.15, 0.2) is 59.5 Å². The van der Waals surface area contributed by atoms with Crippen molar-refractivity contribution in [1.29, 1.82) is 0 Å². The third-order valence-electron chi connectivity index (χ3n) is 7.64. The summed E-state index contributed by atoms with van der Waals surface area (Å²) in [6, 6.07) is 18.3. The summed E-state index contributed by atoms with van der Waals surface area (Å²) in [7, 11) is 2.64. The smallest absolute Gasteiger partial charge is 0.306 e. The summed E-state index contributed by atoms with van der Waals surface area (Å²) in [5, 5.41) is 8.56. The summed E-state index contributed by atoms with van der Waals surface area (Å²) < 4.78 is 22.8. The molecule has 3 aromatic carbocycles. The van der Waals surface area contributed by atoms with E-state index in [9.17, 15) is 9.00 Å². The quantitative estimate of drug-likeness (QED) is 0.315. The molecular weight excluding hydrogens is 510 g/mol. The molecule has 2 heterocycles. The van der Waals surface area contributed by atoms with Gasteiger partial charge in [-0.1, -0.05) is 41.6 Å². The van der Waals surface area contributed by atoms with Crippen molar-refractivity contribution in [1.82, 2.24) is 19.3 Å². The minimum atomic E-state index is -1.28. The fourth-order valence-electron chi connectivity index (χ4n) is 5.35. The number of nitrogens with zero attached hydrogens (tertiary/aromatic N) is 5. The molecule has 0 fully saturated rings. The van der Waals surface area contributed by atoms with Gasteiger partial charge in [0.05, 0.1) is 29.1 Å². The molecule has 8 nitrogen and oxygen atoms in total. The van der Waals surface area contributed by atoms with Gasteiger partial charge >= 0.3 is 5.97 Å². The fourth-order valence-corrected chi connectivity index (χ4v) is 6.73. The van der Waals surface area contributed by atoms with Crippen LogP contribution in [-0.2, 0) is 34.1 Å². The predicted molar refractivity (Wildman–Crippen MR) is 154 cm³/mol. The number of hydrogen-bond acceptors (Lipinski definition) is 6. The first-order chi connectivity index (χ1) is 18.8. The molecular formula is C30H35N5O3S. The molecule has 0 aliphatic carbocycles. The second-order valence-electron chi connectivity index (χ2n) is 10.1. The zero-order chi connectivity index (χ0) is 27.7. The van der Waals surface area contributed by atoms with E-state index in [0.717, 1.165) is 56.0 Å². The highest BCUT2D eigenvalue weighted by atomic mass is 32.2. The van der Waals surface area contributed by atoms with E-state index in [4.69, 9.17) is 4.74 Å². The van der Waals surface area contributed by atoms with Crippen LogP contribution in [0, 0.1) is 13.8 Å². The standard InChI is InChI=1S/C30H35N5O3S/c1-6-38-29(36)18-25(24-13-14-27-30(21(24)3)31-32-34(27)5)22-12-11-20(2)23(17-22)19-35-16-15-33(4)26-9-7-8-10-28(26)39(35)37/h7-14,17,25H,6,15-16,18-19H2,1-5H3. The van der Waals surface area contributed by atoms with E-state index in [1.165, 1.54) is 0 Å². The lowest BCUT2D eigenvalue weighted by molar-refractivity contribution is -0.143. The number of ether oxygens (including phenoxy) is 1. The van der Waals surface area contributed by atoms with Crippen LogP contribution in [0.1, 0.15) is 47.1 Å². The second-order valence-corrected chi connectivity index (χ2v) is 11.6. The number of anilines is 1. The van der Waals surface area contributed by atoms with Crippen LogP contribution < -0.4 is 4.90 Å². The molecule has 0 radical (unpaired) electrons. The molecule has 1 aliphatic heterocycles. The van der Waals surface area contributed by atoms with Gasteiger partial charge in [0.1, 0.15) is 16.5 Å². The Hall–Kier alpha value is -3.56. The summed E-state index contributed by atoms with van der Waals surface area (Å²) in [6.45, 7) is 8.28. The molecule has 204 valence electrons. The molecule has 5 rings (SSSR count). The maximum Gasteiger partial charge on any atom is 0.306 e. The molecule has 39 heavy (non-hydrogen) atoms. The third-order valence-corrected chi connectivity index (χ3v) is 9.14. The van der Waals surface area contributed by atoms with E-state index in [1.54, 1.807) is 4.68 Å². The number of aromatic nitrogens is 3. The molecule has 0 bridgehead atoms. The number of aryl methyl sites for hydroxylation is 3. The number of para-hydroxylation sites is 1. The van der Waals surface area contributed by atoms with Gasteiger partial charge in [-0.25, -0.2) is 13.2 Å². The lowest BCUT2D eigenvalue weighted by Gasteiger charge is -2.23. The molecule has 0 N–H and O–H groups in total. The molecule has 1 aliphatic rings. The zero-order valence-electron chi connectivity index (χ0n) is 23.2. The van der Waals surface area contributed by atoms with E-state index in [0.29, 0.717) is 19.7 Å². The van der Waals surface area contributed by atoms with Crippen molar-refractivity contribution in [3.63, 3.8) is 0 Å². The van der Waals surface area contributed by atoms with Gasteiger partial charge in [0, 0.05) is 39.6 Å². The summed E-state index contributed by atoms with van der Waals surface area (Å²) in [5.74, 6) is -0.451. The first-order valence-corrected chi connectivity index (χ1v) is 14.4. The van der Waals surface area contributed by atoms with E-state index in [2.05, 4.69) is 46.4 Å². The van der Waals surface area contributed by atoms with Crippen molar-refractivity contribution in [2.75, 3.05) is 31.6 Å². The average Bonchev–Trinajstić information content (AvgIpc) is 3.27. The Balaban J connectivity index is 1.52. The van der Waals surface area contributed by atoms with Gasteiger partial charge in [0.25, 0.3) is 0 Å². The Kier molecular flexibility index (Phi) is 7.81. The highest BCUT2D eigenvalue weighted by Gasteiger charge is 2.27. The minimum absolute atomic E-state index is 0.212. The van der Waals surface area contributed by atoms with E-state index in [-0.39, 0.29) is 18.3 Å². The lowest BCUT2D eigenvalue weighted by Crippen LogP contribution is -2.30. The minimum Gasteiger partial charge on any atom is -0.466 e. The van der Waals surface area contributed by atoms with Crippen LogP contribution in [0.5, 0.6) is 0 Å². The maximum atomic E-state index is 13.7. The van der Waals surface area contributed by atoms with Gasteiger partial charge in [0.2, 0.25) is 0 Å². The number of hydrogen-bond donors (Lipinski definition) is 0. The van der Waals surface area contributed by atoms with E-state index in [1.807, 2.05) is 62.6 Å². The van der Waals surface area contributed by atoms with Crippen molar-refractivity contribution in [2.45, 2.75) is 44.6 Å². The van der Waals surface area contributed by atoms with Crippen molar-refractivity contribution in [3.8, 4) is 0 Å². The van der Waals surface area contributed by atoms with Crippen molar-refractivity contribution in [2.24, 2.45) is 7.05 Å². The second kappa shape index (κ2) is 11.3. The Morgan fingerprint density at radius 2 is 1.87 bits per heavy atom. The number of benzene rings is 3. The predicted octanol–water partition coefficient (Wildman–Crippen LogP) is 4.64. The Labute approximate surface area is 232 Å². The Morgan fingerprint density at radius 1 is 1.08 bits per heavy atom. The molecule has 0 amide bonds. The summed E-state index contributed by atoms with van der Waals surface area (Å²) in [4.78, 5) is 15.8. The van der Waals surface area contributed by atoms with E-state index < -0.39 is 11.0 Å². The highest BCUT2D eigenvalue weighted by molar-refractivity contribution is 7.82. The van der Waals surface area contributed by atoms with Gasteiger partial charge in [-0.05, 0) is 66.8 Å². The molecule has 2 atom stereocenters. The third kappa shape index (κ3) is 5.33. The van der Waals surface area contributed by atoms with Gasteiger partial charge in [0.15, 0.2) is 0 Å². The zero-order valence-corrected chi connectivity index (χ0v) is 24.0. The SMILES string of the molecule is CCOC(=O)CC(c1ccc(C)c(CN2CCN(C)c3ccccc3S2=O)c1)c1ccc2c(nnn2C)c1C. The topological polar surface area (TPSA) is 80.6 Å². The monoisotopic (exact) mass is 545 g/mol. The first-order valence-electron chi connectivity index (χ1n) is 13.3. The van der Waals surface area contributed by atoms with Crippen LogP contribution in [0.25, 0.3) is 11.0 Å². The van der Waals surface area contributed by atoms with Crippen LogP contribution in [0.2, 0.25) is 0 Å². The van der Waals surface area contributed by atoms with Crippen molar-refractivity contribution >= 4 is 33.7 Å². The van der Waals surface area contributed by atoms with Crippen molar-refractivity contribution < 1.29 is 13.7 Å². The molecule has 1 aromatic heterocycles. The number of rotatable bonds is 7. The summed E-state index contributed by atoms with van der Waals surface area (Å²) in [6.07, 6.45) is 0.219. The lowest BCUT2D eigenvalue weighted by atomic mass is 9.84. The van der Waals surface area contributed by atoms with Crippen molar-refractivity contribution in [3.05, 3.63) is 82.4 Å². The van der Waals surface area contributed by atoms with Crippen LogP contribution in [0.4, 0.5) is 5.69 Å². The summed E-state index contributed by atoms with van der Waals surface area (Å²) in [5.41, 5.74) is 8.06. The van der Waals surface area contributed by atoms with Gasteiger partial charge in [-0.15, -0.1) is 5.10 Å². The number of fused-ring (bicyclic) bond motifs is 2. The average molecular weight is 546 g/mol. The maximum absolute atomic E-state index is 13.7. The Morgan fingerprint density at radius 3 is 2.67 bits per heavy atom. The first kappa shape index (κ1) is 27.0.